The van der Waals surface area contributed by atoms with Crippen molar-refractivity contribution in [3.05, 3.63) is 24.3 Å². The summed E-state index contributed by atoms with van der Waals surface area (Å²) in [5.74, 6) is -1.55. The molecular formula is C12H11N3O4. The Morgan fingerprint density at radius 3 is 3.00 bits per heavy atom. The minimum atomic E-state index is -1.28. The lowest BCUT2D eigenvalue weighted by Crippen LogP contribution is -2.66. The number of hydrazone groups is 1. The molecule has 1 amide bonds. The third-order valence-corrected chi connectivity index (χ3v) is 3.19. The summed E-state index contributed by atoms with van der Waals surface area (Å²) < 4.78 is 5.54. The average Bonchev–Trinajstić information content (AvgIpc) is 2.40. The van der Waals surface area contributed by atoms with Crippen molar-refractivity contribution in [3.63, 3.8) is 0 Å². The molecule has 2 aliphatic rings. The Morgan fingerprint density at radius 1 is 1.53 bits per heavy atom. The summed E-state index contributed by atoms with van der Waals surface area (Å²) in [6.45, 7) is 1.76. The van der Waals surface area contributed by atoms with Gasteiger partial charge in [0, 0.05) is 0 Å². The van der Waals surface area contributed by atoms with Gasteiger partial charge in [0.05, 0.1) is 0 Å². The van der Waals surface area contributed by atoms with Gasteiger partial charge in [-0.05, 0) is 19.1 Å². The first-order valence-corrected chi connectivity index (χ1v) is 5.68. The molecule has 98 valence electrons. The van der Waals surface area contributed by atoms with E-state index in [0.717, 1.165) is 0 Å². The standard InChI is InChI=1S/C12H11N3O4/c1-12-6-19-8-5-3-2-4-7(8)15(12)14-9(10(16)17)13-11(12)18/h2-5H,6H2,1H3,(H,16,17)(H,13,14,18). The van der Waals surface area contributed by atoms with E-state index in [1.807, 2.05) is 0 Å². The summed E-state index contributed by atoms with van der Waals surface area (Å²) in [5, 5.41) is 16.7. The summed E-state index contributed by atoms with van der Waals surface area (Å²) in [4.78, 5) is 23.1. The molecule has 0 bridgehead atoms. The van der Waals surface area contributed by atoms with E-state index in [0.29, 0.717) is 11.4 Å². The fourth-order valence-corrected chi connectivity index (χ4v) is 2.09. The van der Waals surface area contributed by atoms with Crippen LogP contribution in [0.3, 0.4) is 0 Å². The maximum Gasteiger partial charge on any atom is 0.373 e. The van der Waals surface area contributed by atoms with E-state index in [2.05, 4.69) is 10.4 Å². The van der Waals surface area contributed by atoms with Crippen LogP contribution in [0.5, 0.6) is 5.75 Å². The molecule has 2 aliphatic heterocycles. The lowest BCUT2D eigenvalue weighted by atomic mass is 9.97. The van der Waals surface area contributed by atoms with E-state index in [9.17, 15) is 9.59 Å². The van der Waals surface area contributed by atoms with E-state index >= 15 is 0 Å². The van der Waals surface area contributed by atoms with Crippen LogP contribution in [0.25, 0.3) is 0 Å². The summed E-state index contributed by atoms with van der Waals surface area (Å²) in [7, 11) is 0. The SMILES string of the molecule is CC12COc3ccccc3N1N=C(C(=O)O)NC2=O. The number of rotatable bonds is 1. The molecule has 7 nitrogen and oxygen atoms in total. The maximum absolute atomic E-state index is 12.1. The monoisotopic (exact) mass is 261 g/mol. The predicted molar refractivity (Wildman–Crippen MR) is 66.0 cm³/mol. The number of para-hydroxylation sites is 2. The van der Waals surface area contributed by atoms with Crippen LogP contribution in [0.4, 0.5) is 5.69 Å². The van der Waals surface area contributed by atoms with Crippen LogP contribution in [0, 0.1) is 0 Å². The van der Waals surface area contributed by atoms with Gasteiger partial charge >= 0.3 is 5.97 Å². The molecule has 0 saturated carbocycles. The van der Waals surface area contributed by atoms with Crippen molar-refractivity contribution in [2.45, 2.75) is 12.5 Å². The highest BCUT2D eigenvalue weighted by Gasteiger charge is 2.49. The number of nitrogens with one attached hydrogen (secondary N) is 1. The van der Waals surface area contributed by atoms with Crippen LogP contribution in [-0.2, 0) is 9.59 Å². The molecule has 0 fully saturated rings. The van der Waals surface area contributed by atoms with Crippen LogP contribution in [0.1, 0.15) is 6.92 Å². The Kier molecular flexibility index (Phi) is 2.25. The summed E-state index contributed by atoms with van der Waals surface area (Å²) in [6, 6.07) is 7.05. The number of hydrogen-bond donors (Lipinski definition) is 2. The van der Waals surface area contributed by atoms with E-state index in [1.165, 1.54) is 5.01 Å². The van der Waals surface area contributed by atoms with Crippen LogP contribution in [0.2, 0.25) is 0 Å². The number of carbonyl (C=O) groups excluding carboxylic acids is 1. The second-order valence-corrected chi connectivity index (χ2v) is 4.55. The van der Waals surface area contributed by atoms with Crippen molar-refractivity contribution >= 4 is 23.4 Å². The van der Waals surface area contributed by atoms with Gasteiger partial charge in [-0.3, -0.25) is 4.79 Å². The Hall–Kier alpha value is -2.57. The highest BCUT2D eigenvalue weighted by atomic mass is 16.5. The molecule has 2 N–H and O–H groups in total. The number of amides is 1. The average molecular weight is 261 g/mol. The number of benzene rings is 1. The molecule has 1 aromatic rings. The van der Waals surface area contributed by atoms with Gasteiger partial charge in [-0.15, -0.1) is 5.10 Å². The third kappa shape index (κ3) is 1.55. The van der Waals surface area contributed by atoms with Gasteiger partial charge in [-0.2, -0.15) is 0 Å². The van der Waals surface area contributed by atoms with Crippen molar-refractivity contribution in [1.29, 1.82) is 0 Å². The second-order valence-electron chi connectivity index (χ2n) is 4.55. The topological polar surface area (TPSA) is 91.2 Å². The summed E-state index contributed by atoms with van der Waals surface area (Å²) in [6.07, 6.45) is 0. The highest BCUT2D eigenvalue weighted by Crippen LogP contribution is 2.39. The zero-order chi connectivity index (χ0) is 13.6. The van der Waals surface area contributed by atoms with Gasteiger partial charge in [0.2, 0.25) is 5.84 Å². The van der Waals surface area contributed by atoms with Crippen LogP contribution in [0.15, 0.2) is 29.4 Å². The lowest BCUT2D eigenvalue weighted by Gasteiger charge is -2.43. The molecule has 0 aromatic heterocycles. The molecule has 0 spiro atoms. The minimum Gasteiger partial charge on any atom is -0.488 e. The molecule has 19 heavy (non-hydrogen) atoms. The molecular weight excluding hydrogens is 250 g/mol. The van der Waals surface area contributed by atoms with E-state index in [-0.39, 0.29) is 12.4 Å². The highest BCUT2D eigenvalue weighted by molar-refractivity contribution is 6.38. The van der Waals surface area contributed by atoms with Gasteiger partial charge in [-0.25, -0.2) is 9.80 Å². The summed E-state index contributed by atoms with van der Waals surface area (Å²) >= 11 is 0. The number of hydrogen-bond acceptors (Lipinski definition) is 5. The lowest BCUT2D eigenvalue weighted by molar-refractivity contribution is -0.132. The molecule has 0 aliphatic carbocycles. The third-order valence-electron chi connectivity index (χ3n) is 3.19. The first kappa shape index (κ1) is 11.5. The molecule has 1 aromatic carbocycles. The zero-order valence-electron chi connectivity index (χ0n) is 10.1. The van der Waals surface area contributed by atoms with E-state index in [1.54, 1.807) is 31.2 Å². The van der Waals surface area contributed by atoms with Gasteiger partial charge in [0.25, 0.3) is 5.91 Å². The van der Waals surface area contributed by atoms with Gasteiger partial charge in [0.15, 0.2) is 5.54 Å². The van der Waals surface area contributed by atoms with Crippen molar-refractivity contribution in [2.24, 2.45) is 5.10 Å². The number of aliphatic carboxylic acids is 1. The van der Waals surface area contributed by atoms with Crippen molar-refractivity contribution in [3.8, 4) is 5.75 Å². The fraction of sp³-hybridized carbons (Fsp3) is 0.250. The molecule has 1 atom stereocenters. The Balaban J connectivity index is 2.17. The molecule has 0 radical (unpaired) electrons. The van der Waals surface area contributed by atoms with E-state index < -0.39 is 17.4 Å². The Labute approximate surface area is 108 Å². The zero-order valence-corrected chi connectivity index (χ0v) is 10.1. The van der Waals surface area contributed by atoms with Gasteiger partial charge < -0.3 is 15.2 Å². The normalized spacial score (nSPS) is 24.6. The smallest absolute Gasteiger partial charge is 0.373 e. The van der Waals surface area contributed by atoms with Crippen LogP contribution < -0.4 is 15.1 Å². The number of ether oxygens (including phenoxy) is 1. The number of fused-ring (bicyclic) bond motifs is 3. The first-order chi connectivity index (χ1) is 9.02. The van der Waals surface area contributed by atoms with Gasteiger partial charge in [0.1, 0.15) is 18.0 Å². The molecule has 7 heteroatoms. The summed E-state index contributed by atoms with van der Waals surface area (Å²) in [5.41, 5.74) is -0.474. The number of anilines is 1. The second kappa shape index (κ2) is 3.71. The molecule has 3 rings (SSSR count). The van der Waals surface area contributed by atoms with Crippen LogP contribution >= 0.6 is 0 Å². The molecule has 1 unspecified atom stereocenters. The van der Waals surface area contributed by atoms with E-state index in [4.69, 9.17) is 9.84 Å². The molecule has 2 heterocycles. The quantitative estimate of drug-likeness (QED) is 0.752. The van der Waals surface area contributed by atoms with Crippen LogP contribution in [-0.4, -0.2) is 35.0 Å². The van der Waals surface area contributed by atoms with Gasteiger partial charge in [-0.1, -0.05) is 12.1 Å². The fourth-order valence-electron chi connectivity index (χ4n) is 2.09. The minimum absolute atomic E-state index is 0.103. The number of nitrogens with zero attached hydrogens (tertiary/aromatic N) is 2. The largest absolute Gasteiger partial charge is 0.488 e. The number of carboxylic acid groups (broad SMARTS) is 1. The Bertz CT molecular complexity index is 613. The van der Waals surface area contributed by atoms with Crippen molar-refractivity contribution in [2.75, 3.05) is 11.6 Å². The predicted octanol–water partition coefficient (Wildman–Crippen LogP) is 0.172. The number of carbonyl (C=O) groups is 2. The van der Waals surface area contributed by atoms with Crippen molar-refractivity contribution < 1.29 is 19.4 Å². The number of amidine groups is 1. The molecule has 0 saturated heterocycles. The maximum atomic E-state index is 12.1. The first-order valence-electron chi connectivity index (χ1n) is 5.68. The Morgan fingerprint density at radius 2 is 2.26 bits per heavy atom. The number of carboxylic acids is 1. The van der Waals surface area contributed by atoms with Crippen molar-refractivity contribution in [1.82, 2.24) is 5.32 Å².